The lowest BCUT2D eigenvalue weighted by Gasteiger charge is -2.19. The van der Waals surface area contributed by atoms with Crippen LogP contribution in [0.25, 0.3) is 11.1 Å². The van der Waals surface area contributed by atoms with Crippen molar-refractivity contribution in [2.45, 2.75) is 32.9 Å². The Morgan fingerprint density at radius 3 is 2.78 bits per heavy atom. The van der Waals surface area contributed by atoms with E-state index in [1.54, 1.807) is 23.1 Å². The van der Waals surface area contributed by atoms with Gasteiger partial charge in [-0.15, -0.1) is 0 Å². The average Bonchev–Trinajstić information content (AvgIpc) is 2.94. The predicted molar refractivity (Wildman–Crippen MR) is 85.1 cm³/mol. The summed E-state index contributed by atoms with van der Waals surface area (Å²) in [6.45, 7) is 6.36. The fraction of sp³-hybridized carbons (Fsp3) is 0.375. The Hall–Kier alpha value is -2.70. The smallest absolute Gasteiger partial charge is 0.407 e. The molecule has 0 unspecified atom stereocenters. The van der Waals surface area contributed by atoms with Crippen LogP contribution >= 0.6 is 0 Å². The molecule has 23 heavy (non-hydrogen) atoms. The second-order valence-electron chi connectivity index (χ2n) is 6.05. The second-order valence-corrected chi connectivity index (χ2v) is 6.05. The summed E-state index contributed by atoms with van der Waals surface area (Å²) in [4.78, 5) is 26.3. The molecule has 2 aromatic heterocycles. The van der Waals surface area contributed by atoms with Gasteiger partial charge in [-0.25, -0.2) is 4.79 Å². The molecule has 7 nitrogen and oxygen atoms in total. The van der Waals surface area contributed by atoms with E-state index in [4.69, 9.17) is 4.74 Å². The van der Waals surface area contributed by atoms with Crippen LogP contribution < -0.4 is 5.32 Å². The Morgan fingerprint density at radius 2 is 2.09 bits per heavy atom. The summed E-state index contributed by atoms with van der Waals surface area (Å²) in [6.07, 6.45) is 7.01. The number of rotatable bonds is 5. The lowest BCUT2D eigenvalue weighted by Crippen LogP contribution is -2.34. The van der Waals surface area contributed by atoms with Crippen molar-refractivity contribution in [1.82, 2.24) is 20.1 Å². The molecule has 0 radical (unpaired) electrons. The number of nitrogens with zero attached hydrogens (tertiary/aromatic N) is 3. The molecule has 0 aromatic carbocycles. The quantitative estimate of drug-likeness (QED) is 0.855. The third-order valence-corrected chi connectivity index (χ3v) is 2.87. The van der Waals surface area contributed by atoms with Crippen LogP contribution in [0.15, 0.2) is 30.9 Å². The summed E-state index contributed by atoms with van der Waals surface area (Å²) in [6, 6.07) is 1.75. The van der Waals surface area contributed by atoms with Crippen molar-refractivity contribution >= 4 is 12.4 Å². The molecule has 2 heterocycles. The maximum absolute atomic E-state index is 11.5. The van der Waals surface area contributed by atoms with Gasteiger partial charge in [0.25, 0.3) is 0 Å². The highest BCUT2D eigenvalue weighted by molar-refractivity contribution is 5.77. The minimum atomic E-state index is -0.514. The number of amides is 1. The molecule has 0 atom stereocenters. The molecule has 0 saturated heterocycles. The first-order chi connectivity index (χ1) is 10.9. The number of carbonyl (C=O) groups excluding carboxylic acids is 2. The van der Waals surface area contributed by atoms with E-state index in [0.29, 0.717) is 18.7 Å². The van der Waals surface area contributed by atoms with Crippen LogP contribution in [-0.2, 0) is 11.3 Å². The fourth-order valence-corrected chi connectivity index (χ4v) is 1.90. The van der Waals surface area contributed by atoms with Gasteiger partial charge in [0.15, 0.2) is 6.29 Å². The molecule has 0 bridgehead atoms. The normalized spacial score (nSPS) is 11.1. The first-order valence-corrected chi connectivity index (χ1v) is 7.27. The van der Waals surface area contributed by atoms with E-state index < -0.39 is 11.7 Å². The summed E-state index contributed by atoms with van der Waals surface area (Å²) in [5, 5.41) is 6.90. The Kier molecular flexibility index (Phi) is 5.10. The Balaban J connectivity index is 1.90. The Morgan fingerprint density at radius 1 is 1.30 bits per heavy atom. The van der Waals surface area contributed by atoms with E-state index in [9.17, 15) is 9.59 Å². The van der Waals surface area contributed by atoms with E-state index >= 15 is 0 Å². The van der Waals surface area contributed by atoms with Crippen LogP contribution in [0, 0.1) is 0 Å². The van der Waals surface area contributed by atoms with Crippen LogP contribution in [0.4, 0.5) is 4.79 Å². The van der Waals surface area contributed by atoms with E-state index in [1.165, 1.54) is 6.20 Å². The maximum atomic E-state index is 11.5. The van der Waals surface area contributed by atoms with Gasteiger partial charge in [-0.1, -0.05) is 0 Å². The number of hydrogen-bond acceptors (Lipinski definition) is 5. The molecule has 0 fully saturated rings. The van der Waals surface area contributed by atoms with Gasteiger partial charge in [0.1, 0.15) is 5.60 Å². The topological polar surface area (TPSA) is 86.1 Å². The van der Waals surface area contributed by atoms with Crippen LogP contribution in [0.1, 0.15) is 31.1 Å². The summed E-state index contributed by atoms with van der Waals surface area (Å²) >= 11 is 0. The maximum Gasteiger partial charge on any atom is 0.407 e. The van der Waals surface area contributed by atoms with Crippen LogP contribution in [0.5, 0.6) is 0 Å². The minimum Gasteiger partial charge on any atom is -0.444 e. The number of pyridine rings is 1. The van der Waals surface area contributed by atoms with E-state index in [1.807, 2.05) is 27.0 Å². The van der Waals surface area contributed by atoms with Crippen molar-refractivity contribution in [2.75, 3.05) is 6.54 Å². The molecule has 122 valence electrons. The standard InChI is InChI=1S/C16H20N4O3/c1-16(2,3)23-15(22)18-4-5-20-10-14(9-19-20)13-6-12(11-21)7-17-8-13/h6-11H,4-5H2,1-3H3,(H,18,22). The summed E-state index contributed by atoms with van der Waals surface area (Å²) in [7, 11) is 0. The van der Waals surface area contributed by atoms with Gasteiger partial charge in [0.05, 0.1) is 12.7 Å². The van der Waals surface area contributed by atoms with Crippen LogP contribution in [0.2, 0.25) is 0 Å². The largest absolute Gasteiger partial charge is 0.444 e. The average molecular weight is 316 g/mol. The highest BCUT2D eigenvalue weighted by Crippen LogP contribution is 2.17. The fourth-order valence-electron chi connectivity index (χ4n) is 1.90. The van der Waals surface area contributed by atoms with Gasteiger partial charge in [0.2, 0.25) is 0 Å². The Bertz CT molecular complexity index is 689. The van der Waals surface area contributed by atoms with Gasteiger partial charge >= 0.3 is 6.09 Å². The number of aldehydes is 1. The molecular formula is C16H20N4O3. The molecule has 0 saturated carbocycles. The highest BCUT2D eigenvalue weighted by atomic mass is 16.6. The van der Waals surface area contributed by atoms with Crippen molar-refractivity contribution in [3.05, 3.63) is 36.4 Å². The first kappa shape index (κ1) is 16.7. The molecule has 1 amide bonds. The van der Waals surface area contributed by atoms with Crippen LogP contribution in [-0.4, -0.2) is 39.3 Å². The lowest BCUT2D eigenvalue weighted by atomic mass is 10.1. The second kappa shape index (κ2) is 7.04. The third kappa shape index (κ3) is 5.21. The lowest BCUT2D eigenvalue weighted by molar-refractivity contribution is 0.0525. The molecule has 1 N–H and O–H groups in total. The molecule has 2 aromatic rings. The van der Waals surface area contributed by atoms with E-state index in [-0.39, 0.29) is 0 Å². The molecule has 0 spiro atoms. The predicted octanol–water partition coefficient (Wildman–Crippen LogP) is 2.28. The Labute approximate surface area is 134 Å². The summed E-state index contributed by atoms with van der Waals surface area (Å²) in [5.74, 6) is 0. The molecule has 0 aliphatic carbocycles. The van der Waals surface area contributed by atoms with E-state index in [0.717, 1.165) is 17.4 Å². The number of ether oxygens (including phenoxy) is 1. The van der Waals surface area contributed by atoms with Gasteiger partial charge in [-0.05, 0) is 26.8 Å². The van der Waals surface area contributed by atoms with Crippen molar-refractivity contribution < 1.29 is 14.3 Å². The molecular weight excluding hydrogens is 296 g/mol. The molecule has 0 aliphatic heterocycles. The van der Waals surface area contributed by atoms with Gasteiger partial charge in [0, 0.05) is 41.8 Å². The van der Waals surface area contributed by atoms with Gasteiger partial charge < -0.3 is 10.1 Å². The van der Waals surface area contributed by atoms with Gasteiger partial charge in [-0.2, -0.15) is 5.10 Å². The first-order valence-electron chi connectivity index (χ1n) is 7.27. The summed E-state index contributed by atoms with van der Waals surface area (Å²) < 4.78 is 6.86. The highest BCUT2D eigenvalue weighted by Gasteiger charge is 2.15. The summed E-state index contributed by atoms with van der Waals surface area (Å²) in [5.41, 5.74) is 1.68. The van der Waals surface area contributed by atoms with Crippen molar-refractivity contribution in [2.24, 2.45) is 0 Å². The molecule has 0 aliphatic rings. The zero-order valence-corrected chi connectivity index (χ0v) is 13.4. The van der Waals surface area contributed by atoms with Crippen molar-refractivity contribution in [3.8, 4) is 11.1 Å². The number of hydrogen-bond donors (Lipinski definition) is 1. The molecule has 2 rings (SSSR count). The van der Waals surface area contributed by atoms with Crippen molar-refractivity contribution in [1.29, 1.82) is 0 Å². The zero-order valence-electron chi connectivity index (χ0n) is 13.4. The third-order valence-electron chi connectivity index (χ3n) is 2.87. The number of alkyl carbamates (subject to hydrolysis) is 1. The number of aromatic nitrogens is 3. The SMILES string of the molecule is CC(C)(C)OC(=O)NCCn1cc(-c2cncc(C=O)c2)cn1. The van der Waals surface area contributed by atoms with Gasteiger partial charge in [-0.3, -0.25) is 14.5 Å². The van der Waals surface area contributed by atoms with E-state index in [2.05, 4.69) is 15.4 Å². The molecule has 7 heteroatoms. The van der Waals surface area contributed by atoms with Crippen molar-refractivity contribution in [3.63, 3.8) is 0 Å². The zero-order chi connectivity index (χ0) is 16.9. The number of nitrogens with one attached hydrogen (secondary N) is 1. The number of carbonyl (C=O) groups is 2. The van der Waals surface area contributed by atoms with Crippen LogP contribution in [0.3, 0.4) is 0 Å². The monoisotopic (exact) mass is 316 g/mol. The minimum absolute atomic E-state index is 0.405.